The topological polar surface area (TPSA) is 111 Å². The van der Waals surface area contributed by atoms with Crippen molar-refractivity contribution in [3.8, 4) is 0 Å². The van der Waals surface area contributed by atoms with Gasteiger partial charge in [-0.2, -0.15) is 4.31 Å². The minimum atomic E-state index is -5.34. The van der Waals surface area contributed by atoms with Gasteiger partial charge < -0.3 is 14.2 Å². The van der Waals surface area contributed by atoms with Gasteiger partial charge in [-0.25, -0.2) is 35.4 Å². The van der Waals surface area contributed by atoms with Crippen LogP contribution in [0.4, 0.5) is 27.6 Å². The van der Waals surface area contributed by atoms with Crippen LogP contribution in [-0.2, 0) is 32.8 Å². The number of benzene rings is 2. The van der Waals surface area contributed by atoms with E-state index in [2.05, 4.69) is 34.6 Å². The molecule has 10 nitrogen and oxygen atoms in total. The number of halogens is 5. The van der Waals surface area contributed by atoms with Gasteiger partial charge in [-0.15, -0.1) is 0 Å². The van der Waals surface area contributed by atoms with Crippen molar-refractivity contribution in [2.75, 3.05) is 18.1 Å². The number of nitrogens with zero attached hydrogens (tertiary/aromatic N) is 6. The standard InChI is InChI=1S/C34H39F5N6O4SSi/c1-51(2,3)14-13-49-20-43-19-42-24-15-23(9-10-26(24)43)44(18-22-16-41-25(17-40-22)21-7-5-4-6-8-21)34(46)27-11-12-45(27)50(47,48)33-31(38)29(36)28(35)30(37)32(33)39/h9-10,15-17,19,21,27H,4-8,11-14,18,20H2,1-3H3. The van der Waals surface area contributed by atoms with Crippen LogP contribution in [-0.4, -0.2) is 65.4 Å². The van der Waals surface area contributed by atoms with Crippen molar-refractivity contribution in [2.24, 2.45) is 0 Å². The minimum absolute atomic E-state index is 0.0676. The SMILES string of the molecule is C[Si](C)(C)CCOCn1cnc2cc(N(Cc3cnc(C4CCCCC4)cn3)C(=O)C3CCN3S(=O)(=O)c3c(F)c(F)c(F)c(F)c3F)ccc21. The number of sulfonamides is 1. The molecule has 274 valence electrons. The number of ether oxygens (including phenoxy) is 1. The molecular weight excluding hydrogens is 712 g/mol. The molecule has 2 aromatic carbocycles. The highest BCUT2D eigenvalue weighted by molar-refractivity contribution is 7.89. The van der Waals surface area contributed by atoms with Crippen molar-refractivity contribution in [1.29, 1.82) is 0 Å². The number of imidazole rings is 1. The zero-order valence-corrected chi connectivity index (χ0v) is 30.3. The fourth-order valence-electron chi connectivity index (χ4n) is 6.38. The van der Waals surface area contributed by atoms with E-state index < -0.39 is 64.0 Å². The number of amides is 1. The smallest absolute Gasteiger partial charge is 0.249 e. The van der Waals surface area contributed by atoms with Crippen molar-refractivity contribution in [3.63, 3.8) is 0 Å². The monoisotopic (exact) mass is 750 g/mol. The first-order chi connectivity index (χ1) is 24.2. The summed E-state index contributed by atoms with van der Waals surface area (Å²) in [7, 11) is -6.63. The summed E-state index contributed by atoms with van der Waals surface area (Å²) in [6.07, 6.45) is 10.1. The van der Waals surface area contributed by atoms with E-state index in [9.17, 15) is 35.2 Å². The number of rotatable bonds is 12. The molecule has 0 bridgehead atoms. The van der Waals surface area contributed by atoms with Gasteiger partial charge in [0.1, 0.15) is 12.8 Å². The number of hydrogen-bond acceptors (Lipinski definition) is 7. The molecule has 2 aromatic heterocycles. The summed E-state index contributed by atoms with van der Waals surface area (Å²) in [5, 5.41) is 0. The number of anilines is 1. The van der Waals surface area contributed by atoms with Gasteiger partial charge >= 0.3 is 0 Å². The second-order valence-corrected chi connectivity index (χ2v) is 21.7. The molecule has 1 atom stereocenters. The van der Waals surface area contributed by atoms with Crippen molar-refractivity contribution < 1.29 is 39.9 Å². The molecule has 2 aliphatic rings. The molecule has 0 N–H and O–H groups in total. The summed E-state index contributed by atoms with van der Waals surface area (Å²) >= 11 is 0. The van der Waals surface area contributed by atoms with Crippen LogP contribution in [0.3, 0.4) is 0 Å². The molecule has 6 rings (SSSR count). The third-order valence-electron chi connectivity index (χ3n) is 9.47. The molecule has 1 saturated heterocycles. The minimum Gasteiger partial charge on any atom is -0.361 e. The van der Waals surface area contributed by atoms with E-state index in [0.29, 0.717) is 27.8 Å². The first-order valence-electron chi connectivity index (χ1n) is 16.9. The maximum absolute atomic E-state index is 14.7. The summed E-state index contributed by atoms with van der Waals surface area (Å²) in [6.45, 7) is 7.09. The summed E-state index contributed by atoms with van der Waals surface area (Å²) in [6, 6.07) is 4.50. The number of carbonyl (C=O) groups is 1. The van der Waals surface area contributed by atoms with E-state index >= 15 is 0 Å². The van der Waals surface area contributed by atoms with Gasteiger partial charge in [-0.05, 0) is 43.5 Å². The Bertz CT molecular complexity index is 2010. The number of hydrogen-bond donors (Lipinski definition) is 0. The normalized spacial score (nSPS) is 17.5. The number of aromatic nitrogens is 4. The highest BCUT2D eigenvalue weighted by Crippen LogP contribution is 2.36. The average Bonchev–Trinajstić information content (AvgIpc) is 3.48. The molecule has 2 fully saturated rings. The zero-order valence-electron chi connectivity index (χ0n) is 28.5. The largest absolute Gasteiger partial charge is 0.361 e. The van der Waals surface area contributed by atoms with Crippen molar-refractivity contribution in [2.45, 2.75) is 94.3 Å². The van der Waals surface area contributed by atoms with Crippen molar-refractivity contribution in [3.05, 3.63) is 77.4 Å². The second kappa shape index (κ2) is 14.7. The highest BCUT2D eigenvalue weighted by Gasteiger charge is 2.48. The van der Waals surface area contributed by atoms with Gasteiger partial charge in [0.2, 0.25) is 21.7 Å². The quantitative estimate of drug-likeness (QED) is 0.0511. The maximum Gasteiger partial charge on any atom is 0.249 e. The van der Waals surface area contributed by atoms with Crippen LogP contribution >= 0.6 is 0 Å². The molecule has 17 heteroatoms. The first kappa shape index (κ1) is 37.0. The van der Waals surface area contributed by atoms with Crippen LogP contribution in [0.1, 0.15) is 55.8 Å². The van der Waals surface area contributed by atoms with Gasteiger partial charge in [-0.1, -0.05) is 38.9 Å². The molecule has 1 saturated carbocycles. The fraction of sp³-hybridized carbons (Fsp3) is 0.471. The van der Waals surface area contributed by atoms with Gasteiger partial charge in [-0.3, -0.25) is 14.8 Å². The Morgan fingerprint density at radius 2 is 1.61 bits per heavy atom. The van der Waals surface area contributed by atoms with Crippen LogP contribution in [0.15, 0.2) is 41.8 Å². The molecule has 4 aromatic rings. The maximum atomic E-state index is 14.7. The Kier molecular flexibility index (Phi) is 10.6. The highest BCUT2D eigenvalue weighted by atomic mass is 32.2. The van der Waals surface area contributed by atoms with Crippen molar-refractivity contribution in [1.82, 2.24) is 23.8 Å². The summed E-state index contributed by atoms with van der Waals surface area (Å²) in [5.41, 5.74) is 2.77. The molecule has 1 amide bonds. The van der Waals surface area contributed by atoms with E-state index in [1.54, 1.807) is 36.9 Å². The van der Waals surface area contributed by atoms with Gasteiger partial charge in [0, 0.05) is 39.0 Å². The lowest BCUT2D eigenvalue weighted by atomic mass is 9.87. The first-order valence-corrected chi connectivity index (χ1v) is 22.0. The van der Waals surface area contributed by atoms with E-state index in [1.807, 2.05) is 4.57 Å². The number of fused-ring (bicyclic) bond motifs is 1. The molecule has 1 aliphatic carbocycles. The molecule has 1 aliphatic heterocycles. The van der Waals surface area contributed by atoms with Crippen LogP contribution in [0, 0.1) is 29.1 Å². The second-order valence-electron chi connectivity index (χ2n) is 14.2. The van der Waals surface area contributed by atoms with E-state index in [1.165, 1.54) is 11.3 Å². The van der Waals surface area contributed by atoms with Gasteiger partial charge in [0.15, 0.2) is 28.2 Å². The molecule has 51 heavy (non-hydrogen) atoms. The van der Waals surface area contributed by atoms with Crippen LogP contribution in [0.2, 0.25) is 25.7 Å². The lowest BCUT2D eigenvalue weighted by Crippen LogP contribution is -2.59. The Morgan fingerprint density at radius 1 is 0.922 bits per heavy atom. The Hall–Kier alpha value is -3.80. The average molecular weight is 751 g/mol. The number of carbonyl (C=O) groups excluding carboxylic acids is 1. The van der Waals surface area contributed by atoms with E-state index in [-0.39, 0.29) is 32.2 Å². The molecular formula is C34H39F5N6O4SSi. The third-order valence-corrected chi connectivity index (χ3v) is 13.1. The van der Waals surface area contributed by atoms with Crippen LogP contribution < -0.4 is 4.90 Å². The van der Waals surface area contributed by atoms with Gasteiger partial charge in [0.25, 0.3) is 0 Å². The Morgan fingerprint density at radius 3 is 2.22 bits per heavy atom. The lowest BCUT2D eigenvalue weighted by Gasteiger charge is -2.41. The predicted octanol–water partition coefficient (Wildman–Crippen LogP) is 6.88. The molecule has 3 heterocycles. The Balaban J connectivity index is 1.30. The van der Waals surface area contributed by atoms with Gasteiger partial charge in [0.05, 0.1) is 41.5 Å². The summed E-state index contributed by atoms with van der Waals surface area (Å²) in [4.78, 5) is 27.1. The summed E-state index contributed by atoms with van der Waals surface area (Å²) < 4.78 is 106. The van der Waals surface area contributed by atoms with Crippen molar-refractivity contribution >= 4 is 40.7 Å². The van der Waals surface area contributed by atoms with Crippen LogP contribution in [0.5, 0.6) is 0 Å². The predicted molar refractivity (Wildman–Crippen MR) is 181 cm³/mol. The molecule has 0 radical (unpaired) electrons. The zero-order chi connectivity index (χ0) is 36.7. The molecule has 1 unspecified atom stereocenters. The van der Waals surface area contributed by atoms with Crippen LogP contribution in [0.25, 0.3) is 11.0 Å². The fourth-order valence-corrected chi connectivity index (χ4v) is 8.88. The lowest BCUT2D eigenvalue weighted by molar-refractivity contribution is -0.125. The Labute approximate surface area is 293 Å². The third kappa shape index (κ3) is 7.57. The summed E-state index contributed by atoms with van der Waals surface area (Å²) in [5.74, 6) is -12.8. The van der Waals surface area contributed by atoms with E-state index in [0.717, 1.165) is 42.9 Å². The van der Waals surface area contributed by atoms with E-state index in [4.69, 9.17) is 4.74 Å². The molecule has 0 spiro atoms.